The quantitative estimate of drug-likeness (QED) is 0.764. The third-order valence-corrected chi connectivity index (χ3v) is 4.02. The van der Waals surface area contributed by atoms with E-state index in [0.717, 1.165) is 12.5 Å². The van der Waals surface area contributed by atoms with Crippen LogP contribution >= 0.6 is 0 Å². The average molecular weight is 330 g/mol. The lowest BCUT2D eigenvalue weighted by atomic mass is 10.1. The fourth-order valence-corrected chi connectivity index (χ4v) is 2.78. The van der Waals surface area contributed by atoms with Gasteiger partial charge in [0.2, 0.25) is 0 Å². The predicted octanol–water partition coefficient (Wildman–Crippen LogP) is 2.12. The van der Waals surface area contributed by atoms with Crippen molar-refractivity contribution in [2.24, 2.45) is 0 Å². The van der Waals surface area contributed by atoms with E-state index in [4.69, 9.17) is 9.15 Å². The van der Waals surface area contributed by atoms with Crippen molar-refractivity contribution in [3.8, 4) is 0 Å². The molecule has 0 bridgehead atoms. The summed E-state index contributed by atoms with van der Waals surface area (Å²) in [7, 11) is 0. The molecule has 1 fully saturated rings. The van der Waals surface area contributed by atoms with Crippen LogP contribution in [0.5, 0.6) is 0 Å². The second-order valence-electron chi connectivity index (χ2n) is 5.68. The first-order valence-electron chi connectivity index (χ1n) is 7.64. The van der Waals surface area contributed by atoms with Crippen molar-refractivity contribution < 1.29 is 18.3 Å². The second-order valence-corrected chi connectivity index (χ2v) is 5.68. The summed E-state index contributed by atoms with van der Waals surface area (Å²) in [6, 6.07) is 4.09. The standard InChI is InChI=1S/C16H15FN4O3/c17-11-5-9-2-4-24-14(9)12(6-11)16(22)18-7-13-19-15(21-20-13)10-1-3-23-8-10/h2,4-6,10H,1,3,7-8H2,(H,18,22)(H,19,20,21). The van der Waals surface area contributed by atoms with Gasteiger partial charge >= 0.3 is 0 Å². The molecule has 4 rings (SSSR count). The molecule has 0 aliphatic carbocycles. The van der Waals surface area contributed by atoms with Crippen LogP contribution in [0.4, 0.5) is 4.39 Å². The number of aromatic amines is 1. The van der Waals surface area contributed by atoms with Crippen LogP contribution in [-0.2, 0) is 11.3 Å². The number of H-pyrrole nitrogens is 1. The fraction of sp³-hybridized carbons (Fsp3) is 0.312. The van der Waals surface area contributed by atoms with Gasteiger partial charge in [0, 0.05) is 17.9 Å². The SMILES string of the molecule is O=C(NCc1nc(C2CCOC2)n[nH]1)c1cc(F)cc2ccoc12. The van der Waals surface area contributed by atoms with Gasteiger partial charge in [-0.25, -0.2) is 9.37 Å². The Morgan fingerprint density at radius 2 is 2.38 bits per heavy atom. The molecule has 1 aliphatic heterocycles. The van der Waals surface area contributed by atoms with Gasteiger partial charge in [-0.15, -0.1) is 0 Å². The molecule has 2 N–H and O–H groups in total. The molecule has 2 aromatic heterocycles. The maximum atomic E-state index is 13.6. The van der Waals surface area contributed by atoms with Crippen LogP contribution in [0.3, 0.4) is 0 Å². The van der Waals surface area contributed by atoms with Gasteiger partial charge in [0.1, 0.15) is 17.2 Å². The van der Waals surface area contributed by atoms with Crippen molar-refractivity contribution in [3.63, 3.8) is 0 Å². The Hall–Kier alpha value is -2.74. The molecule has 0 spiro atoms. The second kappa shape index (κ2) is 6.04. The lowest BCUT2D eigenvalue weighted by molar-refractivity contribution is 0.0950. The third-order valence-electron chi connectivity index (χ3n) is 4.02. The van der Waals surface area contributed by atoms with E-state index in [9.17, 15) is 9.18 Å². The number of halogens is 1. The number of nitrogens with one attached hydrogen (secondary N) is 2. The molecule has 0 radical (unpaired) electrons. The topological polar surface area (TPSA) is 93.0 Å². The molecule has 3 aromatic rings. The van der Waals surface area contributed by atoms with Crippen LogP contribution in [0.1, 0.15) is 34.3 Å². The van der Waals surface area contributed by atoms with Crippen LogP contribution in [0.2, 0.25) is 0 Å². The number of nitrogens with zero attached hydrogens (tertiary/aromatic N) is 2. The van der Waals surface area contributed by atoms with Crippen molar-refractivity contribution in [2.75, 3.05) is 13.2 Å². The minimum atomic E-state index is -0.489. The predicted molar refractivity (Wildman–Crippen MR) is 81.9 cm³/mol. The number of carbonyl (C=O) groups excluding carboxylic acids is 1. The summed E-state index contributed by atoms with van der Waals surface area (Å²) in [6.45, 7) is 1.49. The van der Waals surface area contributed by atoms with Crippen molar-refractivity contribution in [2.45, 2.75) is 18.9 Å². The van der Waals surface area contributed by atoms with Gasteiger partial charge in [-0.2, -0.15) is 5.10 Å². The summed E-state index contributed by atoms with van der Waals surface area (Å²) in [5, 5.41) is 10.2. The Morgan fingerprint density at radius 1 is 1.46 bits per heavy atom. The minimum Gasteiger partial charge on any atom is -0.464 e. The summed E-state index contributed by atoms with van der Waals surface area (Å²) in [4.78, 5) is 16.7. The summed E-state index contributed by atoms with van der Waals surface area (Å²) in [5.74, 6) is 0.499. The van der Waals surface area contributed by atoms with Gasteiger partial charge in [0.25, 0.3) is 5.91 Å². The number of rotatable bonds is 4. The highest BCUT2D eigenvalue weighted by molar-refractivity contribution is 6.04. The number of hydrogen-bond acceptors (Lipinski definition) is 5. The maximum Gasteiger partial charge on any atom is 0.255 e. The highest BCUT2D eigenvalue weighted by atomic mass is 19.1. The molecule has 1 aliphatic rings. The molecule has 1 atom stereocenters. The number of benzene rings is 1. The van der Waals surface area contributed by atoms with Gasteiger partial charge in [-0.05, 0) is 24.6 Å². The Balaban J connectivity index is 1.47. The highest BCUT2D eigenvalue weighted by Gasteiger charge is 2.22. The number of fused-ring (bicyclic) bond motifs is 1. The van der Waals surface area contributed by atoms with Crippen LogP contribution in [0.25, 0.3) is 11.0 Å². The summed E-state index contributed by atoms with van der Waals surface area (Å²) >= 11 is 0. The van der Waals surface area contributed by atoms with E-state index >= 15 is 0 Å². The maximum absolute atomic E-state index is 13.6. The van der Waals surface area contributed by atoms with Crippen molar-refractivity contribution >= 4 is 16.9 Å². The number of furan rings is 1. The number of carbonyl (C=O) groups is 1. The number of amides is 1. The van der Waals surface area contributed by atoms with E-state index in [1.807, 2.05) is 0 Å². The van der Waals surface area contributed by atoms with Crippen LogP contribution in [0.15, 0.2) is 28.9 Å². The van der Waals surface area contributed by atoms with Crippen molar-refractivity contribution in [3.05, 3.63) is 47.5 Å². The molecule has 1 amide bonds. The van der Waals surface area contributed by atoms with Crippen LogP contribution < -0.4 is 5.32 Å². The van der Waals surface area contributed by atoms with E-state index in [1.54, 1.807) is 6.07 Å². The van der Waals surface area contributed by atoms with E-state index in [2.05, 4.69) is 20.5 Å². The average Bonchev–Trinajstić information content (AvgIpc) is 3.30. The van der Waals surface area contributed by atoms with E-state index in [1.165, 1.54) is 12.3 Å². The summed E-state index contributed by atoms with van der Waals surface area (Å²) in [6.07, 6.45) is 2.32. The normalized spacial score (nSPS) is 17.5. The Morgan fingerprint density at radius 3 is 3.21 bits per heavy atom. The highest BCUT2D eigenvalue weighted by Crippen LogP contribution is 2.23. The summed E-state index contributed by atoms with van der Waals surface area (Å²) in [5.41, 5.74) is 0.509. The lowest BCUT2D eigenvalue weighted by Gasteiger charge is -2.04. The van der Waals surface area contributed by atoms with Crippen LogP contribution in [0, 0.1) is 5.82 Å². The van der Waals surface area contributed by atoms with E-state index in [-0.39, 0.29) is 18.0 Å². The first-order valence-corrected chi connectivity index (χ1v) is 7.64. The minimum absolute atomic E-state index is 0.152. The molecule has 8 heteroatoms. The molecule has 1 unspecified atom stereocenters. The van der Waals surface area contributed by atoms with E-state index in [0.29, 0.717) is 35.8 Å². The number of aromatic nitrogens is 3. The fourth-order valence-electron chi connectivity index (χ4n) is 2.78. The monoisotopic (exact) mass is 330 g/mol. The molecule has 3 heterocycles. The Kier molecular flexibility index (Phi) is 3.73. The first kappa shape index (κ1) is 14.8. The Bertz CT molecular complexity index is 882. The molecule has 7 nitrogen and oxygen atoms in total. The van der Waals surface area contributed by atoms with Crippen LogP contribution in [-0.4, -0.2) is 34.3 Å². The van der Waals surface area contributed by atoms with E-state index < -0.39 is 11.7 Å². The molecular weight excluding hydrogens is 315 g/mol. The Labute approximate surface area is 136 Å². The first-order chi connectivity index (χ1) is 11.7. The molecular formula is C16H15FN4O3. The smallest absolute Gasteiger partial charge is 0.255 e. The molecule has 1 saturated heterocycles. The third kappa shape index (κ3) is 2.76. The molecule has 1 aromatic carbocycles. The zero-order valence-electron chi connectivity index (χ0n) is 12.7. The lowest BCUT2D eigenvalue weighted by Crippen LogP contribution is -2.23. The van der Waals surface area contributed by atoms with Gasteiger partial charge in [-0.1, -0.05) is 0 Å². The molecule has 24 heavy (non-hydrogen) atoms. The molecule has 0 saturated carbocycles. The van der Waals surface area contributed by atoms with Gasteiger partial charge in [-0.3, -0.25) is 9.89 Å². The summed E-state index contributed by atoms with van der Waals surface area (Å²) < 4.78 is 24.2. The van der Waals surface area contributed by atoms with Gasteiger partial charge in [0.15, 0.2) is 5.82 Å². The number of ether oxygens (including phenoxy) is 1. The zero-order chi connectivity index (χ0) is 16.5. The largest absolute Gasteiger partial charge is 0.464 e. The van der Waals surface area contributed by atoms with Crippen molar-refractivity contribution in [1.29, 1.82) is 0 Å². The number of hydrogen-bond donors (Lipinski definition) is 2. The van der Waals surface area contributed by atoms with Gasteiger partial charge < -0.3 is 14.5 Å². The van der Waals surface area contributed by atoms with Crippen molar-refractivity contribution in [1.82, 2.24) is 20.5 Å². The van der Waals surface area contributed by atoms with Gasteiger partial charge in [0.05, 0.1) is 25.0 Å². The molecule has 124 valence electrons. The zero-order valence-corrected chi connectivity index (χ0v) is 12.7.